The van der Waals surface area contributed by atoms with Gasteiger partial charge in [0.1, 0.15) is 0 Å². The van der Waals surface area contributed by atoms with E-state index >= 15 is 0 Å². The van der Waals surface area contributed by atoms with Crippen LogP contribution in [0.4, 0.5) is 0 Å². The maximum atomic E-state index is 5.39. The Morgan fingerprint density at radius 3 is 2.40 bits per heavy atom. The van der Waals surface area contributed by atoms with Gasteiger partial charge in [0.25, 0.3) is 0 Å². The van der Waals surface area contributed by atoms with Crippen LogP contribution in [0, 0.1) is 0 Å². The third-order valence-electron chi connectivity index (χ3n) is 1.65. The van der Waals surface area contributed by atoms with Crippen molar-refractivity contribution in [3.8, 4) is 0 Å². The van der Waals surface area contributed by atoms with Gasteiger partial charge in [-0.1, -0.05) is 19.8 Å². The van der Waals surface area contributed by atoms with E-state index in [0.29, 0.717) is 0 Å². The maximum Gasteiger partial charge on any atom is 0.0102 e. The van der Waals surface area contributed by atoms with Gasteiger partial charge in [0.2, 0.25) is 0 Å². The van der Waals surface area contributed by atoms with Gasteiger partial charge >= 0.3 is 0 Å². The van der Waals surface area contributed by atoms with Crippen LogP contribution in [0.2, 0.25) is 0 Å². The third-order valence-corrected chi connectivity index (χ3v) is 1.65. The maximum absolute atomic E-state index is 5.39. The molecule has 0 aromatic rings. The molecule has 2 nitrogen and oxygen atoms in total. The first-order chi connectivity index (χ1) is 4.81. The smallest absolute Gasteiger partial charge is 0.0102 e. The van der Waals surface area contributed by atoms with Crippen molar-refractivity contribution in [2.75, 3.05) is 26.7 Å². The van der Waals surface area contributed by atoms with E-state index in [1.807, 2.05) is 0 Å². The van der Waals surface area contributed by atoms with Crippen molar-refractivity contribution >= 4 is 0 Å². The molecule has 0 saturated heterocycles. The van der Waals surface area contributed by atoms with Crippen molar-refractivity contribution in [2.45, 2.75) is 26.2 Å². The van der Waals surface area contributed by atoms with Crippen LogP contribution in [0.15, 0.2) is 0 Å². The quantitative estimate of drug-likeness (QED) is 0.565. The summed E-state index contributed by atoms with van der Waals surface area (Å²) < 4.78 is 0. The summed E-state index contributed by atoms with van der Waals surface area (Å²) in [6, 6.07) is 0. The van der Waals surface area contributed by atoms with E-state index < -0.39 is 0 Å². The lowest BCUT2D eigenvalue weighted by molar-refractivity contribution is 0.334. The predicted octanol–water partition coefficient (Wildman–Crippen LogP) is 1.07. The van der Waals surface area contributed by atoms with Crippen molar-refractivity contribution in [1.82, 2.24) is 4.90 Å². The second kappa shape index (κ2) is 7.03. The summed E-state index contributed by atoms with van der Waals surface area (Å²) in [6.07, 6.45) is 3.96. The average molecular weight is 144 g/mol. The summed E-state index contributed by atoms with van der Waals surface area (Å²) in [7, 11) is 2.13. The Labute approximate surface area is 64.4 Å². The zero-order valence-electron chi connectivity index (χ0n) is 7.27. The fraction of sp³-hybridized carbons (Fsp3) is 1.00. The Kier molecular flexibility index (Phi) is 6.98. The van der Waals surface area contributed by atoms with Crippen molar-refractivity contribution in [1.29, 1.82) is 0 Å². The second-order valence-electron chi connectivity index (χ2n) is 2.80. The molecular weight excluding hydrogens is 124 g/mol. The van der Waals surface area contributed by atoms with Crippen LogP contribution in [0.1, 0.15) is 26.2 Å². The summed E-state index contributed by atoms with van der Waals surface area (Å²) in [5.74, 6) is 0. The lowest BCUT2D eigenvalue weighted by atomic mass is 10.2. The molecule has 0 rings (SSSR count). The highest BCUT2D eigenvalue weighted by Crippen LogP contribution is 1.94. The summed E-state index contributed by atoms with van der Waals surface area (Å²) in [6.45, 7) is 5.24. The summed E-state index contributed by atoms with van der Waals surface area (Å²) >= 11 is 0. The Morgan fingerprint density at radius 1 is 1.20 bits per heavy atom. The van der Waals surface area contributed by atoms with Crippen molar-refractivity contribution in [3.05, 3.63) is 0 Å². The van der Waals surface area contributed by atoms with Crippen molar-refractivity contribution < 1.29 is 0 Å². The Morgan fingerprint density at radius 2 is 1.90 bits per heavy atom. The highest BCUT2D eigenvalue weighted by molar-refractivity contribution is 4.50. The van der Waals surface area contributed by atoms with E-state index in [1.54, 1.807) is 0 Å². The van der Waals surface area contributed by atoms with Gasteiger partial charge in [0, 0.05) is 13.1 Å². The number of nitrogens with two attached hydrogens (primary N) is 1. The van der Waals surface area contributed by atoms with Gasteiger partial charge in [0.05, 0.1) is 0 Å². The highest BCUT2D eigenvalue weighted by Gasteiger charge is 1.93. The van der Waals surface area contributed by atoms with Crippen LogP contribution in [-0.2, 0) is 0 Å². The summed E-state index contributed by atoms with van der Waals surface area (Å²) in [5, 5.41) is 0. The molecule has 0 atom stereocenters. The number of likely N-dealkylation sites (N-methyl/N-ethyl adjacent to an activating group) is 1. The second-order valence-corrected chi connectivity index (χ2v) is 2.80. The standard InChI is InChI=1S/C8H20N2/c1-3-4-5-7-10(2)8-6-9/h3-9H2,1-2H3. The SMILES string of the molecule is CCCCCN(C)CCN. The van der Waals surface area contributed by atoms with Crippen LogP contribution in [0.5, 0.6) is 0 Å². The molecule has 0 spiro atoms. The van der Waals surface area contributed by atoms with Gasteiger partial charge < -0.3 is 10.6 Å². The zero-order chi connectivity index (χ0) is 7.82. The average Bonchev–Trinajstić information content (AvgIpc) is 1.89. The molecule has 0 amide bonds. The molecule has 62 valence electrons. The van der Waals surface area contributed by atoms with Gasteiger partial charge in [-0.05, 0) is 20.0 Å². The molecule has 0 aliphatic rings. The predicted molar refractivity (Wildman–Crippen MR) is 46.1 cm³/mol. The fourth-order valence-corrected chi connectivity index (χ4v) is 0.964. The van der Waals surface area contributed by atoms with Gasteiger partial charge in [0.15, 0.2) is 0 Å². The molecule has 2 N–H and O–H groups in total. The molecule has 0 saturated carbocycles. The van der Waals surface area contributed by atoms with Crippen LogP contribution >= 0.6 is 0 Å². The molecule has 0 aliphatic carbocycles. The number of rotatable bonds is 6. The third kappa shape index (κ3) is 6.05. The lowest BCUT2D eigenvalue weighted by Crippen LogP contribution is -2.26. The first-order valence-electron chi connectivity index (χ1n) is 4.20. The van der Waals surface area contributed by atoms with Gasteiger partial charge in [-0.15, -0.1) is 0 Å². The Bertz CT molecular complexity index is 64.3. The van der Waals surface area contributed by atoms with Crippen molar-refractivity contribution in [2.24, 2.45) is 5.73 Å². The first-order valence-corrected chi connectivity index (χ1v) is 4.20. The molecule has 0 radical (unpaired) electrons. The number of unbranched alkanes of at least 4 members (excludes halogenated alkanes) is 2. The van der Waals surface area contributed by atoms with Gasteiger partial charge in [-0.2, -0.15) is 0 Å². The van der Waals surface area contributed by atoms with Crippen LogP contribution in [-0.4, -0.2) is 31.6 Å². The fourth-order valence-electron chi connectivity index (χ4n) is 0.964. The first kappa shape index (κ1) is 9.92. The molecule has 10 heavy (non-hydrogen) atoms. The number of hydrogen-bond acceptors (Lipinski definition) is 2. The van der Waals surface area contributed by atoms with E-state index in [4.69, 9.17) is 5.73 Å². The van der Waals surface area contributed by atoms with Crippen LogP contribution < -0.4 is 5.73 Å². The minimum absolute atomic E-state index is 0.780. The number of nitrogens with zero attached hydrogens (tertiary/aromatic N) is 1. The van der Waals surface area contributed by atoms with Gasteiger partial charge in [-0.25, -0.2) is 0 Å². The largest absolute Gasteiger partial charge is 0.329 e. The molecule has 0 bridgehead atoms. The molecule has 2 heteroatoms. The van der Waals surface area contributed by atoms with Crippen molar-refractivity contribution in [3.63, 3.8) is 0 Å². The Hall–Kier alpha value is -0.0800. The van der Waals surface area contributed by atoms with E-state index in [1.165, 1.54) is 25.8 Å². The molecule has 0 aromatic carbocycles. The summed E-state index contributed by atoms with van der Waals surface area (Å²) in [5.41, 5.74) is 5.39. The minimum Gasteiger partial charge on any atom is -0.329 e. The van der Waals surface area contributed by atoms with E-state index in [0.717, 1.165) is 13.1 Å². The lowest BCUT2D eigenvalue weighted by Gasteiger charge is -2.14. The highest BCUT2D eigenvalue weighted by atomic mass is 15.1. The molecule has 0 heterocycles. The van der Waals surface area contributed by atoms with Crippen LogP contribution in [0.3, 0.4) is 0 Å². The normalized spacial score (nSPS) is 10.8. The molecule has 0 fully saturated rings. The molecular formula is C8H20N2. The van der Waals surface area contributed by atoms with E-state index in [2.05, 4.69) is 18.9 Å². The molecule has 0 aliphatic heterocycles. The molecule has 0 aromatic heterocycles. The van der Waals surface area contributed by atoms with Crippen LogP contribution in [0.25, 0.3) is 0 Å². The topological polar surface area (TPSA) is 29.3 Å². The summed E-state index contributed by atoms with van der Waals surface area (Å²) in [4.78, 5) is 2.29. The van der Waals surface area contributed by atoms with Gasteiger partial charge in [-0.3, -0.25) is 0 Å². The van der Waals surface area contributed by atoms with E-state index in [9.17, 15) is 0 Å². The van der Waals surface area contributed by atoms with E-state index in [-0.39, 0.29) is 0 Å². The monoisotopic (exact) mass is 144 g/mol. The minimum atomic E-state index is 0.780. The number of hydrogen-bond donors (Lipinski definition) is 1. The Balaban J connectivity index is 2.97. The molecule has 0 unspecified atom stereocenters. The zero-order valence-corrected chi connectivity index (χ0v) is 7.27.